The molecule has 1 aliphatic heterocycles. The van der Waals surface area contributed by atoms with Crippen LogP contribution in [0.25, 0.3) is 0 Å². The molecule has 0 amide bonds. The van der Waals surface area contributed by atoms with E-state index in [0.717, 1.165) is 25.1 Å². The van der Waals surface area contributed by atoms with Crippen LogP contribution in [0.1, 0.15) is 25.0 Å². The number of anilines is 1. The van der Waals surface area contributed by atoms with Crippen LogP contribution in [0, 0.1) is 0 Å². The predicted molar refractivity (Wildman–Crippen MR) is 53.7 cm³/mol. The van der Waals surface area contributed by atoms with Crippen molar-refractivity contribution in [1.82, 2.24) is 10.2 Å². The lowest BCUT2D eigenvalue weighted by atomic mass is 10.0. The molecule has 76 valence electrons. The minimum Gasteiger partial charge on any atom is -0.397 e. The molecule has 1 atom stereocenters. The van der Waals surface area contributed by atoms with Crippen LogP contribution >= 0.6 is 0 Å². The first-order valence-corrected chi connectivity index (χ1v) is 5.03. The van der Waals surface area contributed by atoms with Crippen LogP contribution in [0.2, 0.25) is 0 Å². The van der Waals surface area contributed by atoms with Gasteiger partial charge >= 0.3 is 0 Å². The SMILES string of the molecule is Nc1cnnc(CC2CCCCO2)c1. The molecule has 0 bridgehead atoms. The first-order chi connectivity index (χ1) is 6.84. The lowest BCUT2D eigenvalue weighted by molar-refractivity contribution is 0.0161. The summed E-state index contributed by atoms with van der Waals surface area (Å²) in [4.78, 5) is 0. The average molecular weight is 193 g/mol. The Kier molecular flexibility index (Phi) is 2.93. The molecule has 0 aromatic carbocycles. The highest BCUT2D eigenvalue weighted by molar-refractivity contribution is 5.34. The third-order valence-electron chi connectivity index (χ3n) is 2.44. The van der Waals surface area contributed by atoms with Gasteiger partial charge in [-0.2, -0.15) is 10.2 Å². The molecule has 4 nitrogen and oxygen atoms in total. The highest BCUT2D eigenvalue weighted by atomic mass is 16.5. The molecule has 1 saturated heterocycles. The van der Waals surface area contributed by atoms with Gasteiger partial charge in [0.15, 0.2) is 0 Å². The largest absolute Gasteiger partial charge is 0.397 e. The molecule has 1 aromatic heterocycles. The molecule has 2 N–H and O–H groups in total. The van der Waals surface area contributed by atoms with Crippen LogP contribution in [0.15, 0.2) is 12.3 Å². The molecule has 0 saturated carbocycles. The predicted octanol–water partition coefficient (Wildman–Crippen LogP) is 1.17. The van der Waals surface area contributed by atoms with Gasteiger partial charge in [0, 0.05) is 13.0 Å². The number of hydrogen-bond acceptors (Lipinski definition) is 4. The van der Waals surface area contributed by atoms with Gasteiger partial charge in [0.05, 0.1) is 23.7 Å². The zero-order valence-corrected chi connectivity index (χ0v) is 8.15. The van der Waals surface area contributed by atoms with E-state index in [9.17, 15) is 0 Å². The van der Waals surface area contributed by atoms with E-state index in [4.69, 9.17) is 10.5 Å². The van der Waals surface area contributed by atoms with Crippen molar-refractivity contribution in [2.75, 3.05) is 12.3 Å². The van der Waals surface area contributed by atoms with Crippen LogP contribution < -0.4 is 5.73 Å². The Morgan fingerprint density at radius 2 is 2.43 bits per heavy atom. The normalized spacial score (nSPS) is 22.1. The fraction of sp³-hybridized carbons (Fsp3) is 0.600. The van der Waals surface area contributed by atoms with Crippen LogP contribution in [0.5, 0.6) is 0 Å². The van der Waals surface area contributed by atoms with Crippen LogP contribution in [-0.2, 0) is 11.2 Å². The molecule has 1 unspecified atom stereocenters. The number of ether oxygens (including phenoxy) is 1. The first-order valence-electron chi connectivity index (χ1n) is 5.03. The summed E-state index contributed by atoms with van der Waals surface area (Å²) in [5.41, 5.74) is 7.22. The number of nitrogen functional groups attached to an aromatic ring is 1. The number of rotatable bonds is 2. The van der Waals surface area contributed by atoms with E-state index in [1.807, 2.05) is 6.07 Å². The molecule has 14 heavy (non-hydrogen) atoms. The molecule has 1 fully saturated rings. The molecule has 2 heterocycles. The van der Waals surface area contributed by atoms with E-state index in [1.165, 1.54) is 12.8 Å². The van der Waals surface area contributed by atoms with E-state index < -0.39 is 0 Å². The Labute approximate surface area is 83.5 Å². The lowest BCUT2D eigenvalue weighted by Crippen LogP contribution is -2.22. The minimum absolute atomic E-state index is 0.305. The zero-order valence-electron chi connectivity index (χ0n) is 8.15. The molecule has 1 aliphatic rings. The molecule has 1 aromatic rings. The monoisotopic (exact) mass is 193 g/mol. The van der Waals surface area contributed by atoms with Crippen molar-refractivity contribution < 1.29 is 4.74 Å². The van der Waals surface area contributed by atoms with Gasteiger partial charge in [-0.3, -0.25) is 0 Å². The first kappa shape index (κ1) is 9.40. The summed E-state index contributed by atoms with van der Waals surface area (Å²) in [6.07, 6.45) is 6.25. The maximum absolute atomic E-state index is 5.62. The van der Waals surface area contributed by atoms with Gasteiger partial charge < -0.3 is 10.5 Å². The molecule has 2 rings (SSSR count). The van der Waals surface area contributed by atoms with Crippen molar-refractivity contribution in [1.29, 1.82) is 0 Å². The summed E-state index contributed by atoms with van der Waals surface area (Å²) in [5, 5.41) is 7.84. The second kappa shape index (κ2) is 4.37. The topological polar surface area (TPSA) is 61.0 Å². The van der Waals surface area contributed by atoms with E-state index in [1.54, 1.807) is 6.20 Å². The summed E-state index contributed by atoms with van der Waals surface area (Å²) >= 11 is 0. The molecule has 4 heteroatoms. The van der Waals surface area contributed by atoms with Crippen molar-refractivity contribution in [3.63, 3.8) is 0 Å². The zero-order chi connectivity index (χ0) is 9.80. The smallest absolute Gasteiger partial charge is 0.0726 e. The molecular formula is C10H15N3O. The average Bonchev–Trinajstić information content (AvgIpc) is 2.19. The number of hydrogen-bond donors (Lipinski definition) is 1. The van der Waals surface area contributed by atoms with Crippen LogP contribution in [0.3, 0.4) is 0 Å². The molecule has 0 aliphatic carbocycles. The third-order valence-corrected chi connectivity index (χ3v) is 2.44. The van der Waals surface area contributed by atoms with Gasteiger partial charge in [-0.15, -0.1) is 0 Å². The van der Waals surface area contributed by atoms with Gasteiger partial charge in [0.25, 0.3) is 0 Å². The second-order valence-corrected chi connectivity index (χ2v) is 3.67. The standard InChI is InChI=1S/C10H15N3O/c11-8-5-9(13-12-7-8)6-10-3-1-2-4-14-10/h5,7,10H,1-4,6H2,(H2,11,13). The maximum Gasteiger partial charge on any atom is 0.0726 e. The number of aromatic nitrogens is 2. The molecule has 0 radical (unpaired) electrons. The van der Waals surface area contributed by atoms with E-state index >= 15 is 0 Å². The maximum atomic E-state index is 5.62. The summed E-state index contributed by atoms with van der Waals surface area (Å²) in [5.74, 6) is 0. The van der Waals surface area contributed by atoms with Crippen molar-refractivity contribution >= 4 is 5.69 Å². The van der Waals surface area contributed by atoms with Crippen molar-refractivity contribution in [2.45, 2.75) is 31.8 Å². The van der Waals surface area contributed by atoms with Crippen molar-refractivity contribution in [3.8, 4) is 0 Å². The third kappa shape index (κ3) is 2.42. The Morgan fingerprint density at radius 3 is 3.14 bits per heavy atom. The van der Waals surface area contributed by atoms with Crippen molar-refractivity contribution in [3.05, 3.63) is 18.0 Å². The fourth-order valence-electron chi connectivity index (χ4n) is 1.73. The quantitative estimate of drug-likeness (QED) is 0.766. The van der Waals surface area contributed by atoms with Gasteiger partial charge in [-0.05, 0) is 25.3 Å². The fourth-order valence-corrected chi connectivity index (χ4v) is 1.73. The Morgan fingerprint density at radius 1 is 1.50 bits per heavy atom. The van der Waals surface area contributed by atoms with Crippen LogP contribution in [0.4, 0.5) is 5.69 Å². The van der Waals surface area contributed by atoms with E-state index in [-0.39, 0.29) is 0 Å². The molecular weight excluding hydrogens is 178 g/mol. The Balaban J connectivity index is 1.95. The Bertz CT molecular complexity index is 297. The highest BCUT2D eigenvalue weighted by Gasteiger charge is 2.15. The summed E-state index contributed by atoms with van der Waals surface area (Å²) < 4.78 is 5.61. The summed E-state index contributed by atoms with van der Waals surface area (Å²) in [7, 11) is 0. The number of nitrogens with two attached hydrogens (primary N) is 1. The van der Waals surface area contributed by atoms with E-state index in [0.29, 0.717) is 11.8 Å². The van der Waals surface area contributed by atoms with Gasteiger partial charge in [-0.1, -0.05) is 0 Å². The minimum atomic E-state index is 0.305. The second-order valence-electron chi connectivity index (χ2n) is 3.67. The molecule has 0 spiro atoms. The summed E-state index contributed by atoms with van der Waals surface area (Å²) in [6.45, 7) is 0.875. The van der Waals surface area contributed by atoms with Gasteiger partial charge in [-0.25, -0.2) is 0 Å². The number of nitrogens with zero attached hydrogens (tertiary/aromatic N) is 2. The Hall–Kier alpha value is -1.16. The van der Waals surface area contributed by atoms with Crippen LogP contribution in [-0.4, -0.2) is 22.9 Å². The van der Waals surface area contributed by atoms with Crippen molar-refractivity contribution in [2.24, 2.45) is 0 Å². The van der Waals surface area contributed by atoms with Gasteiger partial charge in [0.1, 0.15) is 0 Å². The highest BCUT2D eigenvalue weighted by Crippen LogP contribution is 2.16. The van der Waals surface area contributed by atoms with Gasteiger partial charge in [0.2, 0.25) is 0 Å². The summed E-state index contributed by atoms with van der Waals surface area (Å²) in [6, 6.07) is 1.87. The van der Waals surface area contributed by atoms with E-state index in [2.05, 4.69) is 10.2 Å². The lowest BCUT2D eigenvalue weighted by Gasteiger charge is -2.21.